The van der Waals surface area contributed by atoms with Gasteiger partial charge in [-0.1, -0.05) is 0 Å². The fourth-order valence-corrected chi connectivity index (χ4v) is 0.290. The van der Waals surface area contributed by atoms with Gasteiger partial charge in [-0.05, 0) is 0 Å². The normalized spacial score (nSPS) is 42.2. The third-order valence-corrected chi connectivity index (χ3v) is 0.847. The maximum absolute atomic E-state index is 9.66. The zero-order valence-corrected chi connectivity index (χ0v) is 3.29. The Morgan fingerprint density at radius 3 is 2.50 bits per heavy atom. The number of hydrogen-bond acceptors (Lipinski definition) is 3. The Hall–Kier alpha value is -0.410. The molecule has 1 heterocycles. The summed E-state index contributed by atoms with van der Waals surface area (Å²) in [6.07, 6.45) is 0.847. The molecule has 1 aliphatic heterocycles. The molecule has 3 nitrogen and oxygen atoms in total. The smallest absolute Gasteiger partial charge is 0.139 e. The molecule has 1 aliphatic rings. The summed E-state index contributed by atoms with van der Waals surface area (Å²) in [5, 5.41) is 1.48. The lowest BCUT2D eigenvalue weighted by Crippen LogP contribution is -2.09. The highest BCUT2D eigenvalue weighted by atomic mass is 16.1. The Morgan fingerprint density at radius 2 is 2.50 bits per heavy atom. The number of carbonyl (C=O) groups is 1. The molecule has 6 heavy (non-hydrogen) atoms. The first-order valence-electron chi connectivity index (χ1n) is 1.81. The second-order valence-corrected chi connectivity index (χ2v) is 1.40. The Bertz CT molecular complexity index is 73.2. The van der Waals surface area contributed by atoms with Crippen LogP contribution in [0, 0.1) is 0 Å². The summed E-state index contributed by atoms with van der Waals surface area (Å²) in [7, 11) is 0. The van der Waals surface area contributed by atoms with Crippen LogP contribution in [0.2, 0.25) is 0 Å². The predicted molar refractivity (Wildman–Crippen MR) is 20.7 cm³/mol. The van der Waals surface area contributed by atoms with E-state index in [0.29, 0.717) is 0 Å². The summed E-state index contributed by atoms with van der Waals surface area (Å²) in [6, 6.07) is 0.0324. The van der Waals surface area contributed by atoms with E-state index in [1.54, 1.807) is 0 Å². The van der Waals surface area contributed by atoms with E-state index in [2.05, 4.69) is 0 Å². The number of hydrazine groups is 1. The quantitative estimate of drug-likeness (QED) is 0.246. The predicted octanol–water partition coefficient (Wildman–Crippen LogP) is -1.26. The highest BCUT2D eigenvalue weighted by molar-refractivity contribution is 5.61. The minimum Gasteiger partial charge on any atom is -0.302 e. The van der Waals surface area contributed by atoms with Crippen LogP contribution in [0.1, 0.15) is 0 Å². The van der Waals surface area contributed by atoms with Crippen LogP contribution in [0.15, 0.2) is 0 Å². The molecule has 0 aromatic heterocycles. The van der Waals surface area contributed by atoms with E-state index in [4.69, 9.17) is 5.84 Å². The van der Waals surface area contributed by atoms with Gasteiger partial charge in [-0.25, -0.2) is 5.01 Å². The molecule has 1 saturated heterocycles. The molecule has 0 radical (unpaired) electrons. The van der Waals surface area contributed by atoms with Crippen LogP contribution in [-0.2, 0) is 4.79 Å². The molecule has 1 rings (SSSR count). The van der Waals surface area contributed by atoms with Gasteiger partial charge in [-0.2, -0.15) is 0 Å². The van der Waals surface area contributed by atoms with E-state index in [1.807, 2.05) is 0 Å². The van der Waals surface area contributed by atoms with Gasteiger partial charge in [0, 0.05) is 6.54 Å². The van der Waals surface area contributed by atoms with Crippen LogP contribution < -0.4 is 5.84 Å². The van der Waals surface area contributed by atoms with Crippen molar-refractivity contribution in [3.8, 4) is 0 Å². The second-order valence-electron chi connectivity index (χ2n) is 1.40. The van der Waals surface area contributed by atoms with Crippen LogP contribution in [0.25, 0.3) is 0 Å². The minimum atomic E-state index is 0.0324. The first-order valence-corrected chi connectivity index (χ1v) is 1.81. The van der Waals surface area contributed by atoms with Crippen molar-refractivity contribution in [1.82, 2.24) is 5.01 Å². The van der Waals surface area contributed by atoms with Crippen molar-refractivity contribution in [3.05, 3.63) is 0 Å². The molecule has 0 aliphatic carbocycles. The topological polar surface area (TPSA) is 46.1 Å². The maximum atomic E-state index is 9.66. The molecular weight excluding hydrogens is 80.0 g/mol. The van der Waals surface area contributed by atoms with Crippen molar-refractivity contribution in [2.24, 2.45) is 5.84 Å². The third-order valence-electron chi connectivity index (χ3n) is 0.847. The lowest BCUT2D eigenvalue weighted by Gasteiger charge is -1.76. The van der Waals surface area contributed by atoms with Gasteiger partial charge in [-0.3, -0.25) is 5.84 Å². The summed E-state index contributed by atoms with van der Waals surface area (Å²) >= 11 is 0. The molecule has 0 aromatic rings. The average Bonchev–Trinajstić information content (AvgIpc) is 2.19. The van der Waals surface area contributed by atoms with E-state index in [0.717, 1.165) is 12.8 Å². The minimum absolute atomic E-state index is 0.0324. The SMILES string of the molecule is NN1CC1C=O. The monoisotopic (exact) mass is 86.0 g/mol. The molecule has 3 heteroatoms. The van der Waals surface area contributed by atoms with Crippen molar-refractivity contribution >= 4 is 6.29 Å². The summed E-state index contributed by atoms with van der Waals surface area (Å²) in [5.74, 6) is 5.08. The zero-order valence-electron chi connectivity index (χ0n) is 3.29. The van der Waals surface area contributed by atoms with E-state index < -0.39 is 0 Å². The summed E-state index contributed by atoms with van der Waals surface area (Å²) in [4.78, 5) is 9.66. The number of rotatable bonds is 1. The molecule has 0 saturated carbocycles. The summed E-state index contributed by atoms with van der Waals surface area (Å²) < 4.78 is 0. The third kappa shape index (κ3) is 0.418. The Morgan fingerprint density at radius 1 is 2.00 bits per heavy atom. The number of hydrogen-bond donors (Lipinski definition) is 1. The van der Waals surface area contributed by atoms with Crippen molar-refractivity contribution in [2.45, 2.75) is 6.04 Å². The van der Waals surface area contributed by atoms with Gasteiger partial charge < -0.3 is 4.79 Å². The van der Waals surface area contributed by atoms with E-state index >= 15 is 0 Å². The van der Waals surface area contributed by atoms with Gasteiger partial charge in [0.1, 0.15) is 6.29 Å². The Labute approximate surface area is 35.7 Å². The molecular formula is C3H6N2O. The van der Waals surface area contributed by atoms with E-state index in [9.17, 15) is 4.79 Å². The van der Waals surface area contributed by atoms with Crippen LogP contribution in [0.5, 0.6) is 0 Å². The second kappa shape index (κ2) is 1.03. The zero-order chi connectivity index (χ0) is 4.57. The molecule has 2 unspecified atom stereocenters. The molecule has 0 aromatic carbocycles. The number of nitrogens with zero attached hydrogens (tertiary/aromatic N) is 1. The van der Waals surface area contributed by atoms with Crippen LogP contribution >= 0.6 is 0 Å². The highest BCUT2D eigenvalue weighted by Crippen LogP contribution is 2.04. The van der Waals surface area contributed by atoms with Crippen molar-refractivity contribution in [2.75, 3.05) is 6.54 Å². The Balaban J connectivity index is 2.25. The largest absolute Gasteiger partial charge is 0.302 e. The van der Waals surface area contributed by atoms with Gasteiger partial charge in [-0.15, -0.1) is 0 Å². The summed E-state index contributed by atoms with van der Waals surface area (Å²) in [5.41, 5.74) is 0. The van der Waals surface area contributed by atoms with E-state index in [-0.39, 0.29) is 6.04 Å². The first kappa shape index (κ1) is 3.77. The summed E-state index contributed by atoms with van der Waals surface area (Å²) in [6.45, 7) is 0.740. The lowest BCUT2D eigenvalue weighted by atomic mass is 10.6. The molecule has 0 spiro atoms. The molecule has 1 fully saturated rings. The van der Waals surface area contributed by atoms with E-state index in [1.165, 1.54) is 5.01 Å². The van der Waals surface area contributed by atoms with Crippen molar-refractivity contribution in [3.63, 3.8) is 0 Å². The number of carbonyl (C=O) groups excluding carboxylic acids is 1. The Kier molecular flexibility index (Phi) is 0.645. The lowest BCUT2D eigenvalue weighted by molar-refractivity contribution is -0.108. The highest BCUT2D eigenvalue weighted by Gasteiger charge is 2.29. The molecule has 0 amide bonds. The van der Waals surface area contributed by atoms with Gasteiger partial charge in [0.05, 0.1) is 6.04 Å². The molecule has 0 bridgehead atoms. The molecule has 2 N–H and O–H groups in total. The maximum Gasteiger partial charge on any atom is 0.139 e. The molecule has 2 atom stereocenters. The first-order chi connectivity index (χ1) is 2.84. The van der Waals surface area contributed by atoms with Gasteiger partial charge in [0.2, 0.25) is 0 Å². The average molecular weight is 86.1 g/mol. The number of nitrogens with two attached hydrogens (primary N) is 1. The van der Waals surface area contributed by atoms with Crippen molar-refractivity contribution in [1.29, 1.82) is 0 Å². The van der Waals surface area contributed by atoms with Crippen LogP contribution in [-0.4, -0.2) is 23.9 Å². The fraction of sp³-hybridized carbons (Fsp3) is 0.667. The van der Waals surface area contributed by atoms with Crippen LogP contribution in [0.3, 0.4) is 0 Å². The van der Waals surface area contributed by atoms with Gasteiger partial charge in [0.25, 0.3) is 0 Å². The van der Waals surface area contributed by atoms with Crippen molar-refractivity contribution < 1.29 is 4.79 Å². The molecule has 34 valence electrons. The van der Waals surface area contributed by atoms with Gasteiger partial charge >= 0.3 is 0 Å². The number of aldehydes is 1. The van der Waals surface area contributed by atoms with Gasteiger partial charge in [0.15, 0.2) is 0 Å². The fourth-order valence-electron chi connectivity index (χ4n) is 0.290. The standard InChI is InChI=1S/C3H6N2O/c4-5-1-3(5)2-6/h2-3H,1,4H2. The van der Waals surface area contributed by atoms with Crippen LogP contribution in [0.4, 0.5) is 0 Å².